The zero-order chi connectivity index (χ0) is 23.9. The molecule has 2 fully saturated rings. The number of fused-ring (bicyclic) bond motifs is 1. The minimum atomic E-state index is -0.0102. The van der Waals surface area contributed by atoms with Crippen molar-refractivity contribution in [1.29, 1.82) is 0 Å². The van der Waals surface area contributed by atoms with E-state index in [1.54, 1.807) is 6.20 Å². The van der Waals surface area contributed by atoms with Gasteiger partial charge in [0.1, 0.15) is 5.52 Å². The van der Waals surface area contributed by atoms with Crippen molar-refractivity contribution in [3.8, 4) is 11.5 Å². The first-order valence-corrected chi connectivity index (χ1v) is 12.7. The zero-order valence-electron chi connectivity index (χ0n) is 20.2. The van der Waals surface area contributed by atoms with Crippen molar-refractivity contribution in [3.05, 3.63) is 71.5 Å². The number of hydrogen-bond acceptors (Lipinski definition) is 4. The molecule has 1 aliphatic carbocycles. The SMILES string of the molecule is Cn1c(-c2ccc(Cc3ccccc3)n2CC2CC2)nc2cc(C(=O)N3CCC[C@@H](N)C3)cnc21. The molecular formula is C28H32N6O. The van der Waals surface area contributed by atoms with Crippen molar-refractivity contribution in [2.45, 2.75) is 44.7 Å². The molecule has 4 heterocycles. The number of benzene rings is 1. The van der Waals surface area contributed by atoms with Gasteiger partial charge in [0.15, 0.2) is 11.5 Å². The fourth-order valence-corrected chi connectivity index (χ4v) is 5.24. The third-order valence-electron chi connectivity index (χ3n) is 7.37. The Kier molecular flexibility index (Phi) is 5.65. The van der Waals surface area contributed by atoms with Gasteiger partial charge in [-0.2, -0.15) is 0 Å². The average molecular weight is 469 g/mol. The molecule has 0 unspecified atom stereocenters. The molecule has 0 bridgehead atoms. The van der Waals surface area contributed by atoms with Crippen LogP contribution in [0.5, 0.6) is 0 Å². The van der Waals surface area contributed by atoms with E-state index in [1.807, 2.05) is 22.6 Å². The second-order valence-corrected chi connectivity index (χ2v) is 10.1. The van der Waals surface area contributed by atoms with Gasteiger partial charge in [-0.05, 0) is 55.4 Å². The molecule has 1 saturated heterocycles. The van der Waals surface area contributed by atoms with Crippen LogP contribution in [-0.4, -0.2) is 49.0 Å². The maximum atomic E-state index is 13.1. The number of nitrogens with zero attached hydrogens (tertiary/aromatic N) is 5. The second-order valence-electron chi connectivity index (χ2n) is 10.1. The summed E-state index contributed by atoms with van der Waals surface area (Å²) in [6, 6.07) is 17.0. The predicted octanol–water partition coefficient (Wildman–Crippen LogP) is 4.00. The topological polar surface area (TPSA) is 82.0 Å². The number of carbonyl (C=O) groups is 1. The maximum Gasteiger partial charge on any atom is 0.255 e. The summed E-state index contributed by atoms with van der Waals surface area (Å²) in [7, 11) is 2.01. The molecule has 1 atom stereocenters. The van der Waals surface area contributed by atoms with E-state index >= 15 is 0 Å². The van der Waals surface area contributed by atoms with Gasteiger partial charge in [0.05, 0.1) is 11.3 Å². The van der Waals surface area contributed by atoms with Crippen molar-refractivity contribution >= 4 is 17.1 Å². The second kappa shape index (κ2) is 8.96. The van der Waals surface area contributed by atoms with Crippen LogP contribution in [0.1, 0.15) is 47.3 Å². The molecule has 3 aromatic heterocycles. The lowest BCUT2D eigenvalue weighted by atomic mass is 10.1. The number of piperidine rings is 1. The van der Waals surface area contributed by atoms with E-state index in [0.29, 0.717) is 12.1 Å². The molecule has 2 aliphatic rings. The van der Waals surface area contributed by atoms with Crippen LogP contribution in [0.4, 0.5) is 0 Å². The highest BCUT2D eigenvalue weighted by Gasteiger charge is 2.26. The van der Waals surface area contributed by atoms with Gasteiger partial charge in [0, 0.05) is 51.0 Å². The summed E-state index contributed by atoms with van der Waals surface area (Å²) in [4.78, 5) is 24.6. The van der Waals surface area contributed by atoms with Gasteiger partial charge in [0.2, 0.25) is 0 Å². The lowest BCUT2D eigenvalue weighted by Crippen LogP contribution is -2.45. The molecule has 1 saturated carbocycles. The molecule has 4 aromatic rings. The Labute approximate surface area is 205 Å². The summed E-state index contributed by atoms with van der Waals surface area (Å²) in [6.07, 6.45) is 7.07. The number of aryl methyl sites for hydroxylation is 1. The Morgan fingerprint density at radius 3 is 2.71 bits per heavy atom. The first-order chi connectivity index (χ1) is 17.1. The Bertz CT molecular complexity index is 1370. The van der Waals surface area contributed by atoms with Crippen LogP contribution in [0.3, 0.4) is 0 Å². The summed E-state index contributed by atoms with van der Waals surface area (Å²) < 4.78 is 4.48. The minimum Gasteiger partial charge on any atom is -0.341 e. The number of nitrogens with two attached hydrogens (primary N) is 1. The number of pyridine rings is 1. The summed E-state index contributed by atoms with van der Waals surface area (Å²) in [5.74, 6) is 1.62. The third kappa shape index (κ3) is 4.36. The Morgan fingerprint density at radius 2 is 1.94 bits per heavy atom. The Hall–Kier alpha value is -3.45. The predicted molar refractivity (Wildman–Crippen MR) is 137 cm³/mol. The molecule has 1 aromatic carbocycles. The van der Waals surface area contributed by atoms with Crippen molar-refractivity contribution in [2.75, 3.05) is 13.1 Å². The lowest BCUT2D eigenvalue weighted by molar-refractivity contribution is 0.0708. The molecular weight excluding hydrogens is 436 g/mol. The normalized spacial score (nSPS) is 18.3. The molecule has 7 nitrogen and oxygen atoms in total. The first kappa shape index (κ1) is 22.0. The molecule has 180 valence electrons. The molecule has 1 aliphatic heterocycles. The van der Waals surface area contributed by atoms with Crippen molar-refractivity contribution in [1.82, 2.24) is 24.0 Å². The van der Waals surface area contributed by atoms with Crippen LogP contribution in [0, 0.1) is 5.92 Å². The number of imidazole rings is 1. The number of aromatic nitrogens is 4. The van der Waals surface area contributed by atoms with Gasteiger partial charge in [-0.3, -0.25) is 4.79 Å². The zero-order valence-corrected chi connectivity index (χ0v) is 20.2. The molecule has 2 N–H and O–H groups in total. The minimum absolute atomic E-state index is 0.0102. The number of likely N-dealkylation sites (tertiary alicyclic amines) is 1. The average Bonchev–Trinajstić information content (AvgIpc) is 3.54. The molecule has 0 radical (unpaired) electrons. The van der Waals surface area contributed by atoms with Crippen molar-refractivity contribution < 1.29 is 4.79 Å². The number of amides is 1. The van der Waals surface area contributed by atoms with Gasteiger partial charge in [0.25, 0.3) is 5.91 Å². The first-order valence-electron chi connectivity index (χ1n) is 12.7. The molecule has 6 rings (SSSR count). The van der Waals surface area contributed by atoms with Gasteiger partial charge in [-0.25, -0.2) is 9.97 Å². The van der Waals surface area contributed by atoms with Gasteiger partial charge in [-0.1, -0.05) is 30.3 Å². The van der Waals surface area contributed by atoms with E-state index in [9.17, 15) is 4.79 Å². The smallest absolute Gasteiger partial charge is 0.255 e. The van der Waals surface area contributed by atoms with E-state index in [-0.39, 0.29) is 11.9 Å². The highest BCUT2D eigenvalue weighted by atomic mass is 16.2. The van der Waals surface area contributed by atoms with Gasteiger partial charge in [-0.15, -0.1) is 0 Å². The summed E-state index contributed by atoms with van der Waals surface area (Å²) in [6.45, 7) is 2.36. The fourth-order valence-electron chi connectivity index (χ4n) is 5.24. The van der Waals surface area contributed by atoms with Gasteiger partial charge < -0.3 is 19.8 Å². The highest BCUT2D eigenvalue weighted by Crippen LogP contribution is 2.34. The van der Waals surface area contributed by atoms with E-state index in [1.165, 1.54) is 24.1 Å². The monoisotopic (exact) mass is 468 g/mol. The molecule has 1 amide bonds. The largest absolute Gasteiger partial charge is 0.341 e. The molecule has 0 spiro atoms. The van der Waals surface area contributed by atoms with Crippen LogP contribution >= 0.6 is 0 Å². The maximum absolute atomic E-state index is 13.1. The van der Waals surface area contributed by atoms with E-state index in [2.05, 4.69) is 52.0 Å². The van der Waals surface area contributed by atoms with E-state index < -0.39 is 0 Å². The lowest BCUT2D eigenvalue weighted by Gasteiger charge is -2.30. The van der Waals surface area contributed by atoms with E-state index in [0.717, 1.165) is 61.0 Å². The summed E-state index contributed by atoms with van der Waals surface area (Å²) in [5, 5.41) is 0. The summed E-state index contributed by atoms with van der Waals surface area (Å²) in [5.41, 5.74) is 11.9. The number of hydrogen-bond donors (Lipinski definition) is 1. The van der Waals surface area contributed by atoms with Crippen LogP contribution in [0.2, 0.25) is 0 Å². The third-order valence-corrected chi connectivity index (χ3v) is 7.37. The van der Waals surface area contributed by atoms with Crippen LogP contribution in [0.25, 0.3) is 22.7 Å². The molecule has 7 heteroatoms. The number of rotatable bonds is 6. The van der Waals surface area contributed by atoms with Crippen LogP contribution < -0.4 is 5.73 Å². The van der Waals surface area contributed by atoms with Crippen LogP contribution in [-0.2, 0) is 20.0 Å². The Balaban J connectivity index is 1.35. The fraction of sp³-hybridized carbons (Fsp3) is 0.393. The van der Waals surface area contributed by atoms with E-state index in [4.69, 9.17) is 10.7 Å². The molecule has 35 heavy (non-hydrogen) atoms. The summed E-state index contributed by atoms with van der Waals surface area (Å²) >= 11 is 0. The highest BCUT2D eigenvalue weighted by molar-refractivity contribution is 5.96. The van der Waals surface area contributed by atoms with Gasteiger partial charge >= 0.3 is 0 Å². The number of carbonyl (C=O) groups excluding carboxylic acids is 1. The Morgan fingerprint density at radius 1 is 1.11 bits per heavy atom. The van der Waals surface area contributed by atoms with Crippen molar-refractivity contribution in [3.63, 3.8) is 0 Å². The standard InChI is InChI=1S/C28H32N6O/c1-32-26-24(15-21(16-30-26)28(35)33-13-5-8-22(29)18-33)31-27(32)25-12-11-23(34(25)17-20-9-10-20)14-19-6-3-2-4-7-19/h2-4,6-7,11-12,15-16,20,22H,5,8-10,13-14,17-18,29H2,1H3/t22-/m1/s1. The quantitative estimate of drug-likeness (QED) is 0.464. The van der Waals surface area contributed by atoms with Crippen molar-refractivity contribution in [2.24, 2.45) is 18.7 Å². The van der Waals surface area contributed by atoms with Crippen LogP contribution in [0.15, 0.2) is 54.7 Å².